The maximum absolute atomic E-state index is 14.0. The van der Waals surface area contributed by atoms with E-state index in [4.69, 9.17) is 4.74 Å². The van der Waals surface area contributed by atoms with E-state index in [-0.39, 0.29) is 23.5 Å². The van der Waals surface area contributed by atoms with E-state index in [0.717, 1.165) is 22.3 Å². The van der Waals surface area contributed by atoms with Crippen molar-refractivity contribution in [2.75, 3.05) is 12.0 Å². The number of Topliss-reactive ketones (excluding diaryl/α,β-unsaturated/α-hetero) is 1. The SMILES string of the molecule is COc1cccc(N2C(=O)[C@H]3C4c5ccccc5C(C(C)=O)(c5ccccc54)[C@H]3C2=O)c1. The van der Waals surface area contributed by atoms with Gasteiger partial charge >= 0.3 is 0 Å². The molecule has 0 radical (unpaired) electrons. The van der Waals surface area contributed by atoms with Gasteiger partial charge in [0.2, 0.25) is 11.8 Å². The average molecular weight is 423 g/mol. The molecule has 3 aliphatic carbocycles. The van der Waals surface area contributed by atoms with Crippen molar-refractivity contribution in [2.24, 2.45) is 11.8 Å². The molecular weight excluding hydrogens is 402 g/mol. The van der Waals surface area contributed by atoms with Crippen molar-refractivity contribution in [1.29, 1.82) is 0 Å². The molecule has 0 unspecified atom stereocenters. The molecule has 0 saturated carbocycles. The molecule has 1 aliphatic heterocycles. The fraction of sp³-hybridized carbons (Fsp3) is 0.222. The minimum Gasteiger partial charge on any atom is -0.497 e. The molecule has 2 amide bonds. The van der Waals surface area contributed by atoms with Crippen molar-refractivity contribution in [2.45, 2.75) is 18.3 Å². The quantitative estimate of drug-likeness (QED) is 0.601. The van der Waals surface area contributed by atoms with Crippen LogP contribution in [0.5, 0.6) is 5.75 Å². The summed E-state index contributed by atoms with van der Waals surface area (Å²) in [5.74, 6) is -1.78. The lowest BCUT2D eigenvalue weighted by Gasteiger charge is -2.52. The molecule has 5 nitrogen and oxygen atoms in total. The van der Waals surface area contributed by atoms with E-state index in [1.54, 1.807) is 38.3 Å². The smallest absolute Gasteiger partial charge is 0.239 e. The fourth-order valence-corrected chi connectivity index (χ4v) is 6.37. The molecule has 1 heterocycles. The molecule has 32 heavy (non-hydrogen) atoms. The Morgan fingerprint density at radius 1 is 0.875 bits per heavy atom. The first-order chi connectivity index (χ1) is 15.5. The van der Waals surface area contributed by atoms with Gasteiger partial charge in [0.25, 0.3) is 0 Å². The first kappa shape index (κ1) is 19.0. The summed E-state index contributed by atoms with van der Waals surface area (Å²) in [6.45, 7) is 1.54. The summed E-state index contributed by atoms with van der Waals surface area (Å²) >= 11 is 0. The highest BCUT2D eigenvalue weighted by Crippen LogP contribution is 2.64. The number of anilines is 1. The molecule has 0 N–H and O–H groups in total. The van der Waals surface area contributed by atoms with Gasteiger partial charge in [0.15, 0.2) is 0 Å². The lowest BCUT2D eigenvalue weighted by Crippen LogP contribution is -2.57. The summed E-state index contributed by atoms with van der Waals surface area (Å²) in [7, 11) is 1.55. The Morgan fingerprint density at radius 2 is 1.50 bits per heavy atom. The number of imide groups is 1. The monoisotopic (exact) mass is 423 g/mol. The third kappa shape index (κ3) is 2.06. The number of ketones is 1. The highest BCUT2D eigenvalue weighted by Gasteiger charge is 2.69. The first-order valence-electron chi connectivity index (χ1n) is 10.7. The third-order valence-corrected chi connectivity index (χ3v) is 7.48. The number of benzene rings is 3. The van der Waals surface area contributed by atoms with Crippen LogP contribution in [0.15, 0.2) is 72.8 Å². The normalized spacial score (nSPS) is 27.1. The van der Waals surface area contributed by atoms with E-state index in [0.29, 0.717) is 11.4 Å². The van der Waals surface area contributed by atoms with Gasteiger partial charge in [0, 0.05) is 12.0 Å². The molecule has 7 rings (SSSR count). The molecule has 1 saturated heterocycles. The van der Waals surface area contributed by atoms with Crippen LogP contribution in [0.2, 0.25) is 0 Å². The second kappa shape index (κ2) is 6.39. The van der Waals surface area contributed by atoms with Crippen LogP contribution in [0.1, 0.15) is 35.1 Å². The summed E-state index contributed by atoms with van der Waals surface area (Å²) < 4.78 is 5.31. The zero-order valence-corrected chi connectivity index (χ0v) is 17.7. The van der Waals surface area contributed by atoms with Crippen LogP contribution in [0.3, 0.4) is 0 Å². The Morgan fingerprint density at radius 3 is 2.09 bits per heavy atom. The summed E-state index contributed by atoms with van der Waals surface area (Å²) in [5.41, 5.74) is 2.94. The Hall–Kier alpha value is -3.73. The van der Waals surface area contributed by atoms with Gasteiger partial charge in [-0.2, -0.15) is 0 Å². The molecule has 3 aromatic carbocycles. The second-order valence-electron chi connectivity index (χ2n) is 8.73. The topological polar surface area (TPSA) is 63.7 Å². The number of hydrogen-bond donors (Lipinski definition) is 0. The molecule has 1 fully saturated rings. The minimum absolute atomic E-state index is 0.112. The molecule has 4 aliphatic rings. The number of carbonyl (C=O) groups is 3. The van der Waals surface area contributed by atoms with Gasteiger partial charge in [0.1, 0.15) is 11.5 Å². The second-order valence-corrected chi connectivity index (χ2v) is 8.73. The molecule has 2 atom stereocenters. The maximum Gasteiger partial charge on any atom is 0.239 e. The van der Waals surface area contributed by atoms with E-state index in [1.807, 2.05) is 48.5 Å². The van der Waals surface area contributed by atoms with Gasteiger partial charge in [-0.1, -0.05) is 54.6 Å². The lowest BCUT2D eigenvalue weighted by molar-refractivity contribution is -0.132. The van der Waals surface area contributed by atoms with Crippen LogP contribution in [0.4, 0.5) is 5.69 Å². The summed E-state index contributed by atoms with van der Waals surface area (Å²) in [5, 5.41) is 0. The Balaban J connectivity index is 1.65. The van der Waals surface area contributed by atoms with E-state index < -0.39 is 17.3 Å². The molecule has 0 spiro atoms. The number of nitrogens with zero attached hydrogens (tertiary/aromatic N) is 1. The summed E-state index contributed by atoms with van der Waals surface area (Å²) in [4.78, 5) is 42.7. The predicted octanol–water partition coefficient (Wildman–Crippen LogP) is 3.84. The Bertz CT molecular complexity index is 1280. The molecule has 0 aromatic heterocycles. The van der Waals surface area contributed by atoms with Gasteiger partial charge in [-0.25, -0.2) is 4.90 Å². The van der Waals surface area contributed by atoms with Crippen molar-refractivity contribution >= 4 is 23.3 Å². The van der Waals surface area contributed by atoms with Gasteiger partial charge in [-0.15, -0.1) is 0 Å². The van der Waals surface area contributed by atoms with Gasteiger partial charge in [-0.3, -0.25) is 14.4 Å². The van der Waals surface area contributed by atoms with Crippen molar-refractivity contribution in [3.05, 3.63) is 95.1 Å². The maximum atomic E-state index is 14.0. The van der Waals surface area contributed by atoms with Gasteiger partial charge in [-0.05, 0) is 41.3 Å². The Kier molecular flexibility index (Phi) is 3.79. The number of amides is 2. The average Bonchev–Trinajstić information content (AvgIpc) is 3.09. The van der Waals surface area contributed by atoms with Crippen molar-refractivity contribution in [1.82, 2.24) is 0 Å². The van der Waals surface area contributed by atoms with Crippen LogP contribution in [0, 0.1) is 11.8 Å². The first-order valence-corrected chi connectivity index (χ1v) is 10.7. The van der Waals surface area contributed by atoms with Crippen LogP contribution in [-0.4, -0.2) is 24.7 Å². The lowest BCUT2D eigenvalue weighted by atomic mass is 9.46. The highest BCUT2D eigenvalue weighted by atomic mass is 16.5. The summed E-state index contributed by atoms with van der Waals surface area (Å²) in [6, 6.07) is 22.5. The van der Waals surface area contributed by atoms with E-state index in [9.17, 15) is 14.4 Å². The number of rotatable bonds is 3. The number of methoxy groups -OCH3 is 1. The highest BCUT2D eigenvalue weighted by molar-refractivity contribution is 6.25. The van der Waals surface area contributed by atoms with Crippen molar-refractivity contribution in [3.63, 3.8) is 0 Å². The third-order valence-electron chi connectivity index (χ3n) is 7.48. The standard InChI is InChI=1S/C27H21NO4/c1-15(29)27-20-12-5-3-10-18(20)22(19-11-4-6-13-21(19)27)23-24(27)26(31)28(25(23)30)16-8-7-9-17(14-16)32-2/h3-14,22-24H,1-2H3/t22?,23-,24+,27?/m0/s1. The number of hydrogen-bond acceptors (Lipinski definition) is 4. The minimum atomic E-state index is -1.17. The van der Waals surface area contributed by atoms with Crippen LogP contribution in [0.25, 0.3) is 0 Å². The predicted molar refractivity (Wildman–Crippen MR) is 119 cm³/mol. The summed E-state index contributed by atoms with van der Waals surface area (Å²) in [6.07, 6.45) is 0. The van der Waals surface area contributed by atoms with Crippen LogP contribution in [-0.2, 0) is 19.8 Å². The zero-order valence-electron chi connectivity index (χ0n) is 17.7. The molecular formula is C27H21NO4. The van der Waals surface area contributed by atoms with E-state index in [2.05, 4.69) is 0 Å². The van der Waals surface area contributed by atoms with Gasteiger partial charge in [0.05, 0.1) is 30.0 Å². The molecule has 158 valence electrons. The van der Waals surface area contributed by atoms with Crippen molar-refractivity contribution in [3.8, 4) is 5.75 Å². The zero-order chi connectivity index (χ0) is 22.2. The van der Waals surface area contributed by atoms with Crippen LogP contribution < -0.4 is 9.64 Å². The molecule has 2 bridgehead atoms. The molecule has 3 aromatic rings. The van der Waals surface area contributed by atoms with E-state index in [1.165, 1.54) is 4.90 Å². The van der Waals surface area contributed by atoms with Gasteiger partial charge < -0.3 is 4.74 Å². The molecule has 5 heteroatoms. The van der Waals surface area contributed by atoms with Crippen LogP contribution >= 0.6 is 0 Å². The fourth-order valence-electron chi connectivity index (χ4n) is 6.37. The Labute approximate surface area is 185 Å². The van der Waals surface area contributed by atoms with E-state index >= 15 is 0 Å². The largest absolute Gasteiger partial charge is 0.497 e. The number of carbonyl (C=O) groups excluding carboxylic acids is 3. The van der Waals surface area contributed by atoms with Crippen molar-refractivity contribution < 1.29 is 19.1 Å². The number of ether oxygens (including phenoxy) is 1.